The van der Waals surface area contributed by atoms with Crippen molar-refractivity contribution in [3.63, 3.8) is 0 Å². The molecule has 0 aliphatic heterocycles. The zero-order valence-electron chi connectivity index (χ0n) is 10.3. The molecule has 1 aromatic heterocycles. The van der Waals surface area contributed by atoms with Crippen LogP contribution in [0, 0.1) is 11.3 Å². The summed E-state index contributed by atoms with van der Waals surface area (Å²) in [5.41, 5.74) is 1.34. The van der Waals surface area contributed by atoms with Gasteiger partial charge >= 0.3 is 0 Å². The van der Waals surface area contributed by atoms with E-state index in [-0.39, 0.29) is 0 Å². The number of hydrogen-bond acceptors (Lipinski definition) is 4. The van der Waals surface area contributed by atoms with Gasteiger partial charge in [0.15, 0.2) is 5.82 Å². The number of nitriles is 1. The molecule has 0 fully saturated rings. The van der Waals surface area contributed by atoms with Gasteiger partial charge in [0.1, 0.15) is 6.07 Å². The van der Waals surface area contributed by atoms with Crippen LogP contribution in [0.1, 0.15) is 5.56 Å². The molecule has 0 saturated carbocycles. The zero-order chi connectivity index (χ0) is 13.9. The zero-order valence-corrected chi connectivity index (χ0v) is 11.9. The third-order valence-electron chi connectivity index (χ3n) is 2.91. The number of benzene rings is 2. The summed E-state index contributed by atoms with van der Waals surface area (Å²) in [6.45, 7) is 0. The average Bonchev–Trinajstić information content (AvgIpc) is 2.48. The minimum absolute atomic E-state index is 0.464. The summed E-state index contributed by atoms with van der Waals surface area (Å²) in [4.78, 5) is 0. The molecule has 96 valence electrons. The smallest absolute Gasteiger partial charge is 0.171 e. The van der Waals surface area contributed by atoms with Gasteiger partial charge in [0.25, 0.3) is 0 Å². The molecule has 0 amide bonds. The second kappa shape index (κ2) is 5.27. The fourth-order valence-corrected chi connectivity index (χ4v) is 2.32. The summed E-state index contributed by atoms with van der Waals surface area (Å²) in [6.07, 6.45) is 1.50. The van der Waals surface area contributed by atoms with E-state index < -0.39 is 0 Å². The summed E-state index contributed by atoms with van der Waals surface area (Å²) in [6, 6.07) is 15.8. The standard InChI is InChI=1S/C15H9BrN4/c16-13-3-1-11-8-14(4-2-10(11)7-13)19-15-12(9-17)5-6-18-20-15/h1-8H,(H,19,20). The van der Waals surface area contributed by atoms with Crippen molar-refractivity contribution in [1.29, 1.82) is 5.26 Å². The first kappa shape index (κ1) is 12.6. The van der Waals surface area contributed by atoms with Crippen molar-refractivity contribution >= 4 is 38.2 Å². The van der Waals surface area contributed by atoms with E-state index in [1.807, 2.05) is 30.3 Å². The van der Waals surface area contributed by atoms with Gasteiger partial charge in [-0.15, -0.1) is 5.10 Å². The molecule has 0 radical (unpaired) electrons. The lowest BCUT2D eigenvalue weighted by atomic mass is 10.1. The van der Waals surface area contributed by atoms with Crippen molar-refractivity contribution in [3.8, 4) is 6.07 Å². The minimum atomic E-state index is 0.464. The minimum Gasteiger partial charge on any atom is -0.338 e. The third kappa shape index (κ3) is 2.46. The molecule has 0 atom stereocenters. The Morgan fingerprint density at radius 1 is 1.05 bits per heavy atom. The van der Waals surface area contributed by atoms with Gasteiger partial charge in [-0.3, -0.25) is 0 Å². The van der Waals surface area contributed by atoms with E-state index in [4.69, 9.17) is 5.26 Å². The maximum atomic E-state index is 9.04. The van der Waals surface area contributed by atoms with Gasteiger partial charge in [-0.2, -0.15) is 10.4 Å². The van der Waals surface area contributed by atoms with Gasteiger partial charge in [0, 0.05) is 10.2 Å². The Morgan fingerprint density at radius 3 is 2.70 bits per heavy atom. The molecule has 1 heterocycles. The van der Waals surface area contributed by atoms with Crippen molar-refractivity contribution in [2.24, 2.45) is 0 Å². The highest BCUT2D eigenvalue weighted by molar-refractivity contribution is 9.10. The van der Waals surface area contributed by atoms with E-state index in [2.05, 4.69) is 43.6 Å². The molecule has 0 saturated heterocycles. The second-order valence-electron chi connectivity index (χ2n) is 4.24. The number of aromatic nitrogens is 2. The van der Waals surface area contributed by atoms with Crippen LogP contribution in [0.4, 0.5) is 11.5 Å². The van der Waals surface area contributed by atoms with Crippen molar-refractivity contribution in [3.05, 3.63) is 58.7 Å². The molecule has 0 bridgehead atoms. The molecule has 20 heavy (non-hydrogen) atoms. The number of halogens is 1. The predicted octanol–water partition coefficient (Wildman–Crippen LogP) is 4.01. The molecular formula is C15H9BrN4. The highest BCUT2D eigenvalue weighted by Gasteiger charge is 2.04. The first-order valence-corrected chi connectivity index (χ1v) is 6.74. The summed E-state index contributed by atoms with van der Waals surface area (Å²) >= 11 is 3.45. The van der Waals surface area contributed by atoms with E-state index in [1.54, 1.807) is 6.07 Å². The monoisotopic (exact) mass is 324 g/mol. The fraction of sp³-hybridized carbons (Fsp3) is 0. The van der Waals surface area contributed by atoms with Crippen molar-refractivity contribution in [2.45, 2.75) is 0 Å². The quantitative estimate of drug-likeness (QED) is 0.773. The molecule has 0 spiro atoms. The van der Waals surface area contributed by atoms with E-state index in [0.29, 0.717) is 11.4 Å². The summed E-state index contributed by atoms with van der Waals surface area (Å²) in [5, 5.41) is 22.2. The van der Waals surface area contributed by atoms with E-state index in [1.165, 1.54) is 6.20 Å². The van der Waals surface area contributed by atoms with Gasteiger partial charge in [0.05, 0.1) is 11.8 Å². The van der Waals surface area contributed by atoms with E-state index in [9.17, 15) is 0 Å². The van der Waals surface area contributed by atoms with E-state index in [0.717, 1.165) is 20.9 Å². The topological polar surface area (TPSA) is 61.6 Å². The normalized spacial score (nSPS) is 10.2. The molecule has 1 N–H and O–H groups in total. The van der Waals surface area contributed by atoms with Gasteiger partial charge < -0.3 is 5.32 Å². The Morgan fingerprint density at radius 2 is 1.85 bits per heavy atom. The number of hydrogen-bond donors (Lipinski definition) is 1. The summed E-state index contributed by atoms with van der Waals surface area (Å²) in [5.74, 6) is 0.464. The van der Waals surface area contributed by atoms with Crippen molar-refractivity contribution in [2.75, 3.05) is 5.32 Å². The number of anilines is 2. The Labute approximate surface area is 124 Å². The lowest BCUT2D eigenvalue weighted by Crippen LogP contribution is -1.98. The van der Waals surface area contributed by atoms with Gasteiger partial charge in [-0.05, 0) is 41.1 Å². The average molecular weight is 325 g/mol. The predicted molar refractivity (Wildman–Crippen MR) is 81.7 cm³/mol. The maximum absolute atomic E-state index is 9.04. The Bertz CT molecular complexity index is 823. The third-order valence-corrected chi connectivity index (χ3v) is 3.40. The number of fused-ring (bicyclic) bond motifs is 1. The van der Waals surface area contributed by atoms with Crippen LogP contribution in [0.25, 0.3) is 10.8 Å². The lowest BCUT2D eigenvalue weighted by Gasteiger charge is -2.07. The first-order chi connectivity index (χ1) is 9.76. The molecule has 0 aliphatic carbocycles. The molecule has 3 aromatic rings. The fourth-order valence-electron chi connectivity index (χ4n) is 1.95. The molecule has 3 rings (SSSR count). The SMILES string of the molecule is N#Cc1ccnnc1Nc1ccc2cc(Br)ccc2c1. The maximum Gasteiger partial charge on any atom is 0.171 e. The molecule has 5 heteroatoms. The molecular weight excluding hydrogens is 316 g/mol. The van der Waals surface area contributed by atoms with Crippen LogP contribution in [0.5, 0.6) is 0 Å². The highest BCUT2D eigenvalue weighted by Crippen LogP contribution is 2.25. The largest absolute Gasteiger partial charge is 0.338 e. The number of nitrogens with zero attached hydrogens (tertiary/aromatic N) is 3. The molecule has 0 aliphatic rings. The second-order valence-corrected chi connectivity index (χ2v) is 5.15. The van der Waals surface area contributed by atoms with Gasteiger partial charge in [-0.25, -0.2) is 0 Å². The Kier molecular flexibility index (Phi) is 3.32. The van der Waals surface area contributed by atoms with Crippen LogP contribution >= 0.6 is 15.9 Å². The highest BCUT2D eigenvalue weighted by atomic mass is 79.9. The van der Waals surface area contributed by atoms with Crippen molar-refractivity contribution in [1.82, 2.24) is 10.2 Å². The van der Waals surface area contributed by atoms with Crippen molar-refractivity contribution < 1.29 is 0 Å². The molecule has 0 unspecified atom stereocenters. The van der Waals surface area contributed by atoms with Crippen LogP contribution in [-0.2, 0) is 0 Å². The number of nitrogens with one attached hydrogen (secondary N) is 1. The van der Waals surface area contributed by atoms with Crippen LogP contribution in [0.15, 0.2) is 53.1 Å². The Hall–Kier alpha value is -2.45. The van der Waals surface area contributed by atoms with Crippen LogP contribution < -0.4 is 5.32 Å². The number of rotatable bonds is 2. The van der Waals surface area contributed by atoms with Crippen LogP contribution in [0.3, 0.4) is 0 Å². The summed E-state index contributed by atoms with van der Waals surface area (Å²) < 4.78 is 1.05. The summed E-state index contributed by atoms with van der Waals surface area (Å²) in [7, 11) is 0. The molecule has 2 aromatic carbocycles. The van der Waals surface area contributed by atoms with Gasteiger partial charge in [-0.1, -0.05) is 28.1 Å². The van der Waals surface area contributed by atoms with Crippen LogP contribution in [0.2, 0.25) is 0 Å². The lowest BCUT2D eigenvalue weighted by molar-refractivity contribution is 1.03. The Balaban J connectivity index is 1.99. The first-order valence-electron chi connectivity index (χ1n) is 5.94. The molecule has 4 nitrogen and oxygen atoms in total. The van der Waals surface area contributed by atoms with Crippen LogP contribution in [-0.4, -0.2) is 10.2 Å². The van der Waals surface area contributed by atoms with E-state index >= 15 is 0 Å². The van der Waals surface area contributed by atoms with Gasteiger partial charge in [0.2, 0.25) is 0 Å².